The predicted molar refractivity (Wildman–Crippen MR) is 52.2 cm³/mol. The van der Waals surface area contributed by atoms with Gasteiger partial charge in [-0.1, -0.05) is 0 Å². The molecule has 0 bridgehead atoms. The third-order valence-corrected chi connectivity index (χ3v) is 2.38. The highest BCUT2D eigenvalue weighted by atomic mass is 16.3. The van der Waals surface area contributed by atoms with Crippen molar-refractivity contribution in [3.63, 3.8) is 0 Å². The summed E-state index contributed by atoms with van der Waals surface area (Å²) in [5.41, 5.74) is 3.74. The third kappa shape index (κ3) is 3.32. The molecule has 0 saturated carbocycles. The third-order valence-electron chi connectivity index (χ3n) is 2.38. The maximum absolute atomic E-state index is 11.3. The molecule has 0 aliphatic rings. The summed E-state index contributed by atoms with van der Waals surface area (Å²) in [7, 11) is 0. The van der Waals surface area contributed by atoms with E-state index in [1.165, 1.54) is 0 Å². The average molecular weight is 188 g/mol. The van der Waals surface area contributed by atoms with Crippen LogP contribution in [0.5, 0.6) is 0 Å². The number of carbonyl (C=O) groups excluding carboxylic acids is 1. The number of carbonyl (C=O) groups is 1. The van der Waals surface area contributed by atoms with Crippen molar-refractivity contribution in [1.82, 2.24) is 5.32 Å². The molecule has 0 unspecified atom stereocenters. The Labute approximate surface area is 79.5 Å². The molecule has 4 N–H and O–H groups in total. The van der Waals surface area contributed by atoms with E-state index in [0.717, 1.165) is 0 Å². The topological polar surface area (TPSA) is 75.4 Å². The Bertz CT molecular complexity index is 192. The van der Waals surface area contributed by atoms with Gasteiger partial charge in [-0.2, -0.15) is 0 Å². The molecule has 4 heteroatoms. The van der Waals surface area contributed by atoms with Crippen molar-refractivity contribution in [2.75, 3.05) is 0 Å². The molecule has 1 amide bonds. The molecule has 0 aromatic rings. The zero-order valence-corrected chi connectivity index (χ0v) is 9.01. The highest BCUT2D eigenvalue weighted by Gasteiger charge is 2.36. The fraction of sp³-hybridized carbons (Fsp3) is 0.889. The molecule has 0 fully saturated rings. The molecule has 0 spiro atoms. The van der Waals surface area contributed by atoms with E-state index in [9.17, 15) is 9.90 Å². The second kappa shape index (κ2) is 3.64. The summed E-state index contributed by atoms with van der Waals surface area (Å²) in [4.78, 5) is 11.3. The fourth-order valence-corrected chi connectivity index (χ4v) is 0.575. The van der Waals surface area contributed by atoms with Gasteiger partial charge in [-0.3, -0.25) is 4.79 Å². The van der Waals surface area contributed by atoms with Gasteiger partial charge in [0.25, 0.3) is 0 Å². The van der Waals surface area contributed by atoms with Crippen molar-refractivity contribution in [1.29, 1.82) is 0 Å². The van der Waals surface area contributed by atoms with Crippen molar-refractivity contribution in [2.24, 2.45) is 5.73 Å². The summed E-state index contributed by atoms with van der Waals surface area (Å²) in [6, 6.07) is -0.554. The van der Waals surface area contributed by atoms with E-state index < -0.39 is 17.2 Å². The molecule has 0 rings (SSSR count). The minimum absolute atomic E-state index is 0.257. The molecule has 0 aliphatic heterocycles. The molecule has 0 saturated heterocycles. The molecule has 0 radical (unpaired) electrons. The normalized spacial score (nSPS) is 15.3. The van der Waals surface area contributed by atoms with Crippen LogP contribution in [0.4, 0.5) is 0 Å². The first kappa shape index (κ1) is 12.4. The first-order valence-corrected chi connectivity index (χ1v) is 4.38. The van der Waals surface area contributed by atoms with Crippen LogP contribution in [-0.4, -0.2) is 28.2 Å². The molecule has 0 heterocycles. The molecule has 0 aromatic carbocycles. The smallest absolute Gasteiger partial charge is 0.237 e. The molecule has 4 nitrogen and oxygen atoms in total. The van der Waals surface area contributed by atoms with Crippen LogP contribution in [0.1, 0.15) is 34.6 Å². The molecule has 13 heavy (non-hydrogen) atoms. The largest absolute Gasteiger partial charge is 0.388 e. The number of rotatable bonds is 3. The summed E-state index contributed by atoms with van der Waals surface area (Å²) in [6.45, 7) is 8.42. The van der Waals surface area contributed by atoms with Gasteiger partial charge in [0.1, 0.15) is 0 Å². The van der Waals surface area contributed by atoms with Crippen LogP contribution < -0.4 is 11.1 Å². The number of nitrogens with one attached hydrogen (secondary N) is 1. The Hall–Kier alpha value is -0.610. The predicted octanol–water partition coefficient (Wildman–Crippen LogP) is -0.000700. The Morgan fingerprint density at radius 1 is 1.38 bits per heavy atom. The van der Waals surface area contributed by atoms with Crippen LogP contribution in [0.25, 0.3) is 0 Å². The van der Waals surface area contributed by atoms with E-state index >= 15 is 0 Å². The lowest BCUT2D eigenvalue weighted by atomic mass is 9.86. The summed E-state index contributed by atoms with van der Waals surface area (Å²) in [5.74, 6) is -0.257. The van der Waals surface area contributed by atoms with Gasteiger partial charge in [0.2, 0.25) is 5.91 Å². The van der Waals surface area contributed by atoms with Crippen LogP contribution in [0, 0.1) is 0 Å². The minimum atomic E-state index is -0.975. The van der Waals surface area contributed by atoms with E-state index in [2.05, 4.69) is 5.32 Å². The van der Waals surface area contributed by atoms with Gasteiger partial charge in [0.05, 0.1) is 17.2 Å². The van der Waals surface area contributed by atoms with Gasteiger partial charge in [0, 0.05) is 0 Å². The number of aliphatic hydroxyl groups is 1. The molecular formula is C9H20N2O2. The highest BCUT2D eigenvalue weighted by molar-refractivity contribution is 5.81. The minimum Gasteiger partial charge on any atom is -0.388 e. The quantitative estimate of drug-likeness (QED) is 0.583. The lowest BCUT2D eigenvalue weighted by Crippen LogP contribution is -2.60. The standard InChI is InChI=1S/C9H20N2O2/c1-6(10)7(12)11-8(2,3)9(4,5)13/h6,13H,10H2,1-5H3,(H,11,12)/t6-/m1/s1. The maximum atomic E-state index is 11.3. The average Bonchev–Trinajstić information content (AvgIpc) is 1.83. The van der Waals surface area contributed by atoms with Crippen LogP contribution in [0.2, 0.25) is 0 Å². The Kier molecular flexibility index (Phi) is 3.47. The molecule has 0 aromatic heterocycles. The van der Waals surface area contributed by atoms with Gasteiger partial charge < -0.3 is 16.2 Å². The monoisotopic (exact) mass is 188 g/mol. The van der Waals surface area contributed by atoms with E-state index in [1.807, 2.05) is 0 Å². The number of hydrogen-bond acceptors (Lipinski definition) is 3. The van der Waals surface area contributed by atoms with Crippen molar-refractivity contribution in [2.45, 2.75) is 51.8 Å². The Morgan fingerprint density at radius 3 is 2.00 bits per heavy atom. The van der Waals surface area contributed by atoms with E-state index in [4.69, 9.17) is 5.73 Å². The molecule has 78 valence electrons. The van der Waals surface area contributed by atoms with Crippen molar-refractivity contribution in [3.05, 3.63) is 0 Å². The fourth-order valence-electron chi connectivity index (χ4n) is 0.575. The maximum Gasteiger partial charge on any atom is 0.237 e. The Morgan fingerprint density at radius 2 is 1.77 bits per heavy atom. The van der Waals surface area contributed by atoms with Gasteiger partial charge in [-0.15, -0.1) is 0 Å². The second-order valence-corrected chi connectivity index (χ2v) is 4.46. The van der Waals surface area contributed by atoms with Gasteiger partial charge in [-0.05, 0) is 34.6 Å². The van der Waals surface area contributed by atoms with Crippen LogP contribution in [-0.2, 0) is 4.79 Å². The number of hydrogen-bond donors (Lipinski definition) is 3. The first-order valence-electron chi connectivity index (χ1n) is 4.38. The van der Waals surface area contributed by atoms with E-state index in [0.29, 0.717) is 0 Å². The number of amides is 1. The van der Waals surface area contributed by atoms with Gasteiger partial charge in [-0.25, -0.2) is 0 Å². The molecule has 0 aliphatic carbocycles. The summed E-state index contributed by atoms with van der Waals surface area (Å²) >= 11 is 0. The zero-order valence-electron chi connectivity index (χ0n) is 9.01. The van der Waals surface area contributed by atoms with Crippen LogP contribution in [0.15, 0.2) is 0 Å². The second-order valence-electron chi connectivity index (χ2n) is 4.46. The summed E-state index contributed by atoms with van der Waals surface area (Å²) in [5, 5.41) is 12.4. The number of nitrogens with two attached hydrogens (primary N) is 1. The summed E-state index contributed by atoms with van der Waals surface area (Å²) in [6.07, 6.45) is 0. The lowest BCUT2D eigenvalue weighted by molar-refractivity contribution is -0.127. The lowest BCUT2D eigenvalue weighted by Gasteiger charge is -2.38. The van der Waals surface area contributed by atoms with E-state index in [1.54, 1.807) is 34.6 Å². The Balaban J connectivity index is 4.44. The first-order chi connectivity index (χ1) is 5.58. The molecular weight excluding hydrogens is 168 g/mol. The highest BCUT2D eigenvalue weighted by Crippen LogP contribution is 2.20. The van der Waals surface area contributed by atoms with Crippen LogP contribution >= 0.6 is 0 Å². The van der Waals surface area contributed by atoms with Gasteiger partial charge >= 0.3 is 0 Å². The van der Waals surface area contributed by atoms with Gasteiger partial charge in [0.15, 0.2) is 0 Å². The van der Waals surface area contributed by atoms with Crippen LogP contribution in [0.3, 0.4) is 0 Å². The SMILES string of the molecule is C[C@@H](N)C(=O)NC(C)(C)C(C)(C)O. The van der Waals surface area contributed by atoms with E-state index in [-0.39, 0.29) is 5.91 Å². The summed E-state index contributed by atoms with van der Waals surface area (Å²) < 4.78 is 0. The molecule has 1 atom stereocenters. The van der Waals surface area contributed by atoms with Crippen molar-refractivity contribution < 1.29 is 9.90 Å². The van der Waals surface area contributed by atoms with Crippen molar-refractivity contribution >= 4 is 5.91 Å². The van der Waals surface area contributed by atoms with Crippen molar-refractivity contribution in [3.8, 4) is 0 Å². The zero-order chi connectivity index (χ0) is 10.9.